The van der Waals surface area contributed by atoms with Gasteiger partial charge in [0, 0.05) is 12.3 Å². The largest absolute Gasteiger partial charge is 0.452 e. The lowest BCUT2D eigenvalue weighted by atomic mass is 9.96. The van der Waals surface area contributed by atoms with Gasteiger partial charge in [-0.05, 0) is 30.5 Å². The number of imide groups is 1. The SMILES string of the molecule is CS(=O)(=O)Cc1ccc(C(=O)OCC(=O)NC(=O)NC2CCCCC2)cc1. The van der Waals surface area contributed by atoms with Crippen LogP contribution in [0.15, 0.2) is 24.3 Å². The number of rotatable bonds is 6. The number of amides is 3. The third kappa shape index (κ3) is 7.78. The molecule has 27 heavy (non-hydrogen) atoms. The summed E-state index contributed by atoms with van der Waals surface area (Å²) in [7, 11) is -3.16. The predicted octanol–water partition coefficient (Wildman–Crippen LogP) is 1.55. The van der Waals surface area contributed by atoms with Crippen molar-refractivity contribution in [3.8, 4) is 0 Å². The minimum atomic E-state index is -3.16. The summed E-state index contributed by atoms with van der Waals surface area (Å²) < 4.78 is 27.4. The first-order chi connectivity index (χ1) is 12.7. The Morgan fingerprint density at radius 2 is 1.70 bits per heavy atom. The van der Waals surface area contributed by atoms with Crippen LogP contribution in [0.25, 0.3) is 0 Å². The van der Waals surface area contributed by atoms with E-state index in [9.17, 15) is 22.8 Å². The van der Waals surface area contributed by atoms with Gasteiger partial charge in [0.2, 0.25) is 0 Å². The molecule has 3 amide bonds. The number of esters is 1. The van der Waals surface area contributed by atoms with Gasteiger partial charge in [0.25, 0.3) is 5.91 Å². The van der Waals surface area contributed by atoms with E-state index in [0.29, 0.717) is 5.56 Å². The van der Waals surface area contributed by atoms with Crippen molar-refractivity contribution in [3.05, 3.63) is 35.4 Å². The van der Waals surface area contributed by atoms with Crippen molar-refractivity contribution in [2.75, 3.05) is 12.9 Å². The normalized spacial score (nSPS) is 15.0. The highest BCUT2D eigenvalue weighted by molar-refractivity contribution is 7.89. The van der Waals surface area contributed by atoms with Crippen LogP contribution in [0.4, 0.5) is 4.79 Å². The number of hydrogen-bond acceptors (Lipinski definition) is 6. The average Bonchev–Trinajstić information content (AvgIpc) is 2.59. The molecule has 0 aliphatic heterocycles. The Bertz CT molecular complexity index is 783. The maximum atomic E-state index is 11.9. The van der Waals surface area contributed by atoms with Crippen LogP contribution in [0.2, 0.25) is 0 Å². The number of nitrogens with one attached hydrogen (secondary N) is 2. The third-order valence-corrected chi connectivity index (χ3v) is 5.00. The van der Waals surface area contributed by atoms with Crippen LogP contribution in [0, 0.1) is 0 Å². The fourth-order valence-electron chi connectivity index (χ4n) is 2.89. The van der Waals surface area contributed by atoms with Gasteiger partial charge in [0.1, 0.15) is 0 Å². The summed E-state index contributed by atoms with van der Waals surface area (Å²) in [6, 6.07) is 5.35. The van der Waals surface area contributed by atoms with E-state index in [1.54, 1.807) is 0 Å². The number of hydrogen-bond donors (Lipinski definition) is 2. The number of urea groups is 1. The Morgan fingerprint density at radius 1 is 1.07 bits per heavy atom. The predicted molar refractivity (Wildman–Crippen MR) is 98.8 cm³/mol. The summed E-state index contributed by atoms with van der Waals surface area (Å²) in [6.45, 7) is -0.581. The number of carbonyl (C=O) groups excluding carboxylic acids is 3. The van der Waals surface area contributed by atoms with Crippen LogP contribution >= 0.6 is 0 Å². The van der Waals surface area contributed by atoms with Crippen LogP contribution in [0.3, 0.4) is 0 Å². The van der Waals surface area contributed by atoms with Crippen LogP contribution in [-0.4, -0.2) is 45.2 Å². The van der Waals surface area contributed by atoms with Gasteiger partial charge >= 0.3 is 12.0 Å². The van der Waals surface area contributed by atoms with Crippen molar-refractivity contribution >= 4 is 27.7 Å². The maximum Gasteiger partial charge on any atom is 0.338 e. The summed E-state index contributed by atoms with van der Waals surface area (Å²) >= 11 is 0. The molecule has 9 heteroatoms. The second-order valence-corrected chi connectivity index (χ2v) is 8.84. The van der Waals surface area contributed by atoms with Crippen molar-refractivity contribution in [1.82, 2.24) is 10.6 Å². The van der Waals surface area contributed by atoms with Gasteiger partial charge < -0.3 is 10.1 Å². The third-order valence-electron chi connectivity index (χ3n) is 4.15. The minimum Gasteiger partial charge on any atom is -0.452 e. The Hall–Kier alpha value is -2.42. The van der Waals surface area contributed by atoms with E-state index in [0.717, 1.165) is 38.4 Å². The van der Waals surface area contributed by atoms with E-state index in [2.05, 4.69) is 10.6 Å². The quantitative estimate of drug-likeness (QED) is 0.704. The molecule has 0 atom stereocenters. The van der Waals surface area contributed by atoms with Crippen molar-refractivity contribution in [2.24, 2.45) is 0 Å². The molecule has 1 aliphatic rings. The fraction of sp³-hybridized carbons (Fsp3) is 0.500. The number of benzene rings is 1. The first-order valence-electron chi connectivity index (χ1n) is 8.77. The lowest BCUT2D eigenvalue weighted by Gasteiger charge is -2.22. The standard InChI is InChI=1S/C18H24N2O6S/c1-27(24,25)12-13-7-9-14(10-8-13)17(22)26-11-16(21)20-18(23)19-15-5-3-2-4-6-15/h7-10,15H,2-6,11-12H2,1H3,(H2,19,20,21,23). The monoisotopic (exact) mass is 396 g/mol. The lowest BCUT2D eigenvalue weighted by Crippen LogP contribution is -2.46. The molecule has 8 nitrogen and oxygen atoms in total. The lowest BCUT2D eigenvalue weighted by molar-refractivity contribution is -0.123. The molecule has 0 aromatic heterocycles. The molecule has 1 aliphatic carbocycles. The van der Waals surface area contributed by atoms with E-state index < -0.39 is 34.4 Å². The molecular weight excluding hydrogens is 372 g/mol. The van der Waals surface area contributed by atoms with Crippen molar-refractivity contribution in [1.29, 1.82) is 0 Å². The first kappa shape index (κ1) is 20.9. The van der Waals surface area contributed by atoms with Gasteiger partial charge in [0.05, 0.1) is 11.3 Å². The van der Waals surface area contributed by atoms with E-state index >= 15 is 0 Å². The highest BCUT2D eigenvalue weighted by Gasteiger charge is 2.18. The van der Waals surface area contributed by atoms with Crippen LogP contribution in [0.5, 0.6) is 0 Å². The molecule has 0 bridgehead atoms. The Morgan fingerprint density at radius 3 is 2.30 bits per heavy atom. The van der Waals surface area contributed by atoms with Crippen LogP contribution < -0.4 is 10.6 Å². The van der Waals surface area contributed by atoms with E-state index in [1.807, 2.05) is 0 Å². The highest BCUT2D eigenvalue weighted by Crippen LogP contribution is 2.17. The molecule has 0 radical (unpaired) electrons. The molecular formula is C18H24N2O6S. The van der Waals surface area contributed by atoms with Gasteiger partial charge in [-0.3, -0.25) is 10.1 Å². The molecule has 1 aromatic carbocycles. The zero-order valence-corrected chi connectivity index (χ0v) is 16.0. The van der Waals surface area contributed by atoms with E-state index in [1.165, 1.54) is 24.3 Å². The molecule has 1 fully saturated rings. The van der Waals surface area contributed by atoms with Gasteiger partial charge in [-0.25, -0.2) is 18.0 Å². The molecule has 1 aromatic rings. The fourth-order valence-corrected chi connectivity index (χ4v) is 3.68. The summed E-state index contributed by atoms with van der Waals surface area (Å²) in [5.74, 6) is -1.57. The Kier molecular flexibility index (Phi) is 7.35. The van der Waals surface area contributed by atoms with Crippen LogP contribution in [-0.2, 0) is 25.1 Å². The highest BCUT2D eigenvalue weighted by atomic mass is 32.2. The van der Waals surface area contributed by atoms with Crippen molar-refractivity contribution in [3.63, 3.8) is 0 Å². The van der Waals surface area contributed by atoms with Gasteiger partial charge in [-0.15, -0.1) is 0 Å². The summed E-state index contributed by atoms with van der Waals surface area (Å²) in [5, 5.41) is 4.87. The zero-order chi connectivity index (χ0) is 19.9. The van der Waals surface area contributed by atoms with E-state index in [4.69, 9.17) is 4.74 Å². The first-order valence-corrected chi connectivity index (χ1v) is 10.8. The minimum absolute atomic E-state index is 0.0690. The van der Waals surface area contributed by atoms with E-state index in [-0.39, 0.29) is 17.4 Å². The number of sulfone groups is 1. The second-order valence-electron chi connectivity index (χ2n) is 6.70. The Labute approximate surface area is 158 Å². The number of carbonyl (C=O) groups is 3. The van der Waals surface area contributed by atoms with Crippen molar-refractivity contribution in [2.45, 2.75) is 43.9 Å². The average molecular weight is 396 g/mol. The molecule has 0 saturated heterocycles. The molecule has 1 saturated carbocycles. The molecule has 148 valence electrons. The Balaban J connectivity index is 1.75. The molecule has 2 rings (SSSR count). The summed E-state index contributed by atoms with van der Waals surface area (Å²) in [4.78, 5) is 35.4. The molecule has 0 heterocycles. The molecule has 2 N–H and O–H groups in total. The summed E-state index contributed by atoms with van der Waals surface area (Å²) in [5.41, 5.74) is 0.734. The van der Waals surface area contributed by atoms with Gasteiger partial charge in [-0.1, -0.05) is 31.4 Å². The maximum absolute atomic E-state index is 11.9. The molecule has 0 spiro atoms. The van der Waals surface area contributed by atoms with Crippen LogP contribution in [0.1, 0.15) is 48.0 Å². The van der Waals surface area contributed by atoms with Crippen molar-refractivity contribution < 1.29 is 27.5 Å². The second kappa shape index (κ2) is 9.50. The topological polar surface area (TPSA) is 119 Å². The number of ether oxygens (including phenoxy) is 1. The smallest absolute Gasteiger partial charge is 0.338 e. The van der Waals surface area contributed by atoms with Gasteiger partial charge in [-0.2, -0.15) is 0 Å². The summed E-state index contributed by atoms with van der Waals surface area (Å²) in [6.07, 6.45) is 6.18. The molecule has 0 unspecified atom stereocenters. The van der Waals surface area contributed by atoms with Gasteiger partial charge in [0.15, 0.2) is 16.4 Å². The zero-order valence-electron chi connectivity index (χ0n) is 15.2.